The minimum atomic E-state index is -4.70. The second-order valence-corrected chi connectivity index (χ2v) is 8.86. The first-order chi connectivity index (χ1) is 15.0. The van der Waals surface area contributed by atoms with Crippen LogP contribution < -0.4 is 15.0 Å². The van der Waals surface area contributed by atoms with Crippen molar-refractivity contribution in [1.82, 2.24) is 10.2 Å². The molecular weight excluding hydrogens is 427 g/mol. The highest BCUT2D eigenvalue weighted by atomic mass is 19.4. The number of alkyl halides is 3. The van der Waals surface area contributed by atoms with Gasteiger partial charge < -0.3 is 24.4 Å². The number of piperazine rings is 1. The van der Waals surface area contributed by atoms with Crippen LogP contribution in [0.15, 0.2) is 18.2 Å². The van der Waals surface area contributed by atoms with Gasteiger partial charge in [0.25, 0.3) is 6.47 Å². The molecular formula is C22H34F3N3O4. The van der Waals surface area contributed by atoms with E-state index >= 15 is 0 Å². The van der Waals surface area contributed by atoms with E-state index in [4.69, 9.17) is 4.74 Å². The van der Waals surface area contributed by atoms with E-state index in [2.05, 4.69) is 26.6 Å². The molecule has 2 saturated heterocycles. The quantitative estimate of drug-likeness (QED) is 0.676. The number of ether oxygens (including phenoxy) is 3. The van der Waals surface area contributed by atoms with Crippen molar-refractivity contribution < 1.29 is 32.2 Å². The average Bonchev–Trinajstić information content (AvgIpc) is 2.68. The maximum absolute atomic E-state index is 12.9. The molecule has 0 amide bonds. The van der Waals surface area contributed by atoms with Crippen LogP contribution in [0.25, 0.3) is 0 Å². The van der Waals surface area contributed by atoms with Crippen LogP contribution >= 0.6 is 0 Å². The third-order valence-electron chi connectivity index (χ3n) is 4.90. The largest absolute Gasteiger partial charge is 0.573 e. The van der Waals surface area contributed by atoms with Crippen molar-refractivity contribution >= 4 is 12.2 Å². The van der Waals surface area contributed by atoms with E-state index in [9.17, 15) is 18.0 Å². The number of carbonyl (C=O) groups excluding carboxylic acids is 1. The van der Waals surface area contributed by atoms with Gasteiger partial charge in [0.2, 0.25) is 0 Å². The number of morpholine rings is 1. The first-order valence-corrected chi connectivity index (χ1v) is 10.8. The van der Waals surface area contributed by atoms with Gasteiger partial charge in [0, 0.05) is 62.6 Å². The molecule has 1 aromatic carbocycles. The van der Waals surface area contributed by atoms with E-state index in [1.54, 1.807) is 6.07 Å². The van der Waals surface area contributed by atoms with E-state index in [0.29, 0.717) is 50.9 Å². The summed E-state index contributed by atoms with van der Waals surface area (Å²) in [5.41, 5.74) is 0.977. The molecule has 3 rings (SSSR count). The number of carbonyl (C=O) groups is 1. The molecule has 0 spiro atoms. The van der Waals surface area contributed by atoms with E-state index < -0.39 is 6.36 Å². The van der Waals surface area contributed by atoms with E-state index in [1.807, 2.05) is 31.7 Å². The molecule has 1 unspecified atom stereocenters. The molecule has 32 heavy (non-hydrogen) atoms. The molecule has 10 heteroatoms. The van der Waals surface area contributed by atoms with Crippen LogP contribution in [0.3, 0.4) is 0 Å². The fourth-order valence-electron chi connectivity index (χ4n) is 3.45. The molecule has 0 aromatic heterocycles. The number of benzene rings is 1. The normalized spacial score (nSPS) is 20.2. The van der Waals surface area contributed by atoms with Gasteiger partial charge >= 0.3 is 6.36 Å². The van der Waals surface area contributed by atoms with Crippen molar-refractivity contribution in [2.45, 2.75) is 52.2 Å². The van der Waals surface area contributed by atoms with E-state index in [1.165, 1.54) is 6.07 Å². The Morgan fingerprint density at radius 1 is 1.19 bits per heavy atom. The summed E-state index contributed by atoms with van der Waals surface area (Å²) >= 11 is 0. The van der Waals surface area contributed by atoms with Gasteiger partial charge in [-0.25, -0.2) is 0 Å². The molecule has 2 aliphatic rings. The summed E-state index contributed by atoms with van der Waals surface area (Å²) < 4.78 is 52.8. The van der Waals surface area contributed by atoms with Crippen LogP contribution in [0, 0.1) is 0 Å². The Morgan fingerprint density at radius 2 is 1.88 bits per heavy atom. The Hall–Kier alpha value is -2.04. The van der Waals surface area contributed by atoms with Gasteiger partial charge in [0.1, 0.15) is 11.4 Å². The van der Waals surface area contributed by atoms with Crippen molar-refractivity contribution in [1.29, 1.82) is 0 Å². The lowest BCUT2D eigenvalue weighted by molar-refractivity contribution is -0.275. The van der Waals surface area contributed by atoms with Gasteiger partial charge in [-0.2, -0.15) is 0 Å². The Balaban J connectivity index is 0.000000451. The fraction of sp³-hybridized carbons (Fsp3) is 0.682. The molecule has 0 bridgehead atoms. The number of halogens is 3. The molecule has 1 aromatic rings. The molecule has 1 atom stereocenters. The zero-order chi connectivity index (χ0) is 23.8. The van der Waals surface area contributed by atoms with E-state index in [0.717, 1.165) is 25.3 Å². The summed E-state index contributed by atoms with van der Waals surface area (Å²) in [6.07, 6.45) is -4.70. The minimum absolute atomic E-state index is 0.109. The fourth-order valence-corrected chi connectivity index (χ4v) is 3.45. The highest BCUT2D eigenvalue weighted by molar-refractivity contribution is 5.54. The maximum Gasteiger partial charge on any atom is 0.573 e. The van der Waals surface area contributed by atoms with Crippen molar-refractivity contribution in [3.8, 4) is 5.75 Å². The molecule has 2 fully saturated rings. The van der Waals surface area contributed by atoms with Gasteiger partial charge in [-0.05, 0) is 33.8 Å². The lowest BCUT2D eigenvalue weighted by Crippen LogP contribution is -2.48. The summed E-state index contributed by atoms with van der Waals surface area (Å²) in [6, 6.07) is 5.45. The van der Waals surface area contributed by atoms with Crippen molar-refractivity contribution in [3.05, 3.63) is 23.8 Å². The van der Waals surface area contributed by atoms with Crippen LogP contribution in [-0.4, -0.2) is 75.3 Å². The zero-order valence-electron chi connectivity index (χ0n) is 19.2. The van der Waals surface area contributed by atoms with Gasteiger partial charge in [-0.3, -0.25) is 9.69 Å². The van der Waals surface area contributed by atoms with Crippen LogP contribution in [0.2, 0.25) is 0 Å². The highest BCUT2D eigenvalue weighted by Crippen LogP contribution is 2.32. The molecule has 182 valence electrons. The Bertz CT molecular complexity index is 719. The second kappa shape index (κ2) is 11.7. The number of hydrogen-bond acceptors (Lipinski definition) is 7. The Labute approximate surface area is 187 Å². The molecule has 0 radical (unpaired) electrons. The number of anilines is 1. The monoisotopic (exact) mass is 461 g/mol. The number of rotatable bonds is 5. The summed E-state index contributed by atoms with van der Waals surface area (Å²) in [5.74, 6) is -0.109. The van der Waals surface area contributed by atoms with Gasteiger partial charge in [0.05, 0.1) is 13.2 Å². The van der Waals surface area contributed by atoms with Crippen LogP contribution in [0.4, 0.5) is 18.9 Å². The summed E-state index contributed by atoms with van der Waals surface area (Å²) in [4.78, 5) is 13.8. The highest BCUT2D eigenvalue weighted by Gasteiger charge is 2.33. The lowest BCUT2D eigenvalue weighted by atomic mass is 10.1. The molecule has 0 aliphatic carbocycles. The maximum atomic E-state index is 12.9. The predicted octanol–water partition coefficient (Wildman–Crippen LogP) is 3.17. The average molecular weight is 462 g/mol. The predicted molar refractivity (Wildman–Crippen MR) is 116 cm³/mol. The smallest absolute Gasteiger partial charge is 0.462 e. The third-order valence-corrected chi connectivity index (χ3v) is 4.90. The molecule has 1 N–H and O–H groups in total. The molecule has 2 aliphatic heterocycles. The summed E-state index contributed by atoms with van der Waals surface area (Å²) in [6.45, 7) is 13.4. The first kappa shape index (κ1) is 26.2. The molecule has 2 heterocycles. The summed E-state index contributed by atoms with van der Waals surface area (Å²) in [7, 11) is 0. The Morgan fingerprint density at radius 3 is 2.41 bits per heavy atom. The van der Waals surface area contributed by atoms with Crippen molar-refractivity contribution in [2.24, 2.45) is 0 Å². The zero-order valence-corrected chi connectivity index (χ0v) is 19.2. The number of hydrogen-bond donors (Lipinski definition) is 1. The summed E-state index contributed by atoms with van der Waals surface area (Å²) in [5, 5.41) is 3.33. The SMILES string of the molecule is CC(C)(C)OC=O.CC1CN(Cc2ccc(N3CCOCC3)cc2OC(F)(F)F)CCN1. The van der Waals surface area contributed by atoms with Crippen LogP contribution in [0.5, 0.6) is 5.75 Å². The minimum Gasteiger partial charge on any atom is -0.462 e. The van der Waals surface area contributed by atoms with Gasteiger partial charge in [-0.1, -0.05) is 6.07 Å². The number of nitrogens with one attached hydrogen (secondary N) is 1. The topological polar surface area (TPSA) is 63.3 Å². The third kappa shape index (κ3) is 9.62. The molecule has 7 nitrogen and oxygen atoms in total. The second-order valence-electron chi connectivity index (χ2n) is 8.86. The Kier molecular flexibility index (Phi) is 9.60. The van der Waals surface area contributed by atoms with Gasteiger partial charge in [-0.15, -0.1) is 13.2 Å². The number of nitrogens with zero attached hydrogens (tertiary/aromatic N) is 2. The van der Waals surface area contributed by atoms with Gasteiger partial charge in [0.15, 0.2) is 0 Å². The van der Waals surface area contributed by atoms with Crippen molar-refractivity contribution in [2.75, 3.05) is 50.8 Å². The van der Waals surface area contributed by atoms with Crippen LogP contribution in [0.1, 0.15) is 33.3 Å². The van der Waals surface area contributed by atoms with E-state index in [-0.39, 0.29) is 11.4 Å². The lowest BCUT2D eigenvalue weighted by Gasteiger charge is -2.33. The molecule has 0 saturated carbocycles. The standard InChI is InChI=1S/C17H24F3N3O2.C5H10O2/c1-13-11-22(5-4-21-13)12-14-2-3-15(23-6-8-24-9-7-23)10-16(14)25-17(18,19)20;1-5(2,3)7-4-6/h2-3,10,13,21H,4-9,11-12H2,1H3;4H,1-3H3. The van der Waals surface area contributed by atoms with Crippen molar-refractivity contribution in [3.63, 3.8) is 0 Å². The van der Waals surface area contributed by atoms with Crippen LogP contribution in [-0.2, 0) is 20.8 Å². The first-order valence-electron chi connectivity index (χ1n) is 10.8.